The summed E-state index contributed by atoms with van der Waals surface area (Å²) in [5, 5.41) is 9.79. The zero-order valence-electron chi connectivity index (χ0n) is 16.5. The SMILES string of the molecule is CC(=O)N1CCN(C(=O)Cc2ccc(S(C)=O)cc2)[C@H](CN2CC[C@H](O)C2)C1. The van der Waals surface area contributed by atoms with Crippen LogP contribution in [0.4, 0.5) is 0 Å². The molecule has 2 saturated heterocycles. The van der Waals surface area contributed by atoms with Crippen molar-refractivity contribution < 1.29 is 18.9 Å². The first-order valence-electron chi connectivity index (χ1n) is 9.71. The molecule has 1 N–H and O–H groups in total. The minimum absolute atomic E-state index is 0.0294. The number of amides is 2. The molecule has 0 radical (unpaired) electrons. The van der Waals surface area contributed by atoms with E-state index in [1.807, 2.05) is 17.0 Å². The molecule has 7 nitrogen and oxygen atoms in total. The maximum absolute atomic E-state index is 13.0. The highest BCUT2D eigenvalue weighted by molar-refractivity contribution is 7.84. The van der Waals surface area contributed by atoms with E-state index in [4.69, 9.17) is 0 Å². The van der Waals surface area contributed by atoms with Crippen LogP contribution in [-0.4, -0.2) is 93.5 Å². The summed E-state index contributed by atoms with van der Waals surface area (Å²) in [6, 6.07) is 7.24. The molecule has 154 valence electrons. The van der Waals surface area contributed by atoms with Crippen molar-refractivity contribution >= 4 is 22.6 Å². The fourth-order valence-corrected chi connectivity index (χ4v) is 4.50. The molecular weight excluding hydrogens is 378 g/mol. The van der Waals surface area contributed by atoms with Crippen molar-refractivity contribution in [1.82, 2.24) is 14.7 Å². The Kier molecular flexibility index (Phi) is 6.85. The average Bonchev–Trinajstić information content (AvgIpc) is 3.06. The van der Waals surface area contributed by atoms with Crippen molar-refractivity contribution in [3.05, 3.63) is 29.8 Å². The Labute approximate surface area is 168 Å². The summed E-state index contributed by atoms with van der Waals surface area (Å²) in [7, 11) is -1.03. The van der Waals surface area contributed by atoms with E-state index < -0.39 is 10.8 Å². The van der Waals surface area contributed by atoms with Gasteiger partial charge in [0.2, 0.25) is 11.8 Å². The molecule has 0 spiro atoms. The highest BCUT2D eigenvalue weighted by atomic mass is 32.2. The second kappa shape index (κ2) is 9.15. The average molecular weight is 408 g/mol. The summed E-state index contributed by atoms with van der Waals surface area (Å²) in [6.07, 6.45) is 2.37. The lowest BCUT2D eigenvalue weighted by molar-refractivity contribution is -0.142. The predicted molar refractivity (Wildman–Crippen MR) is 107 cm³/mol. The van der Waals surface area contributed by atoms with Gasteiger partial charge in [0.25, 0.3) is 0 Å². The first-order valence-corrected chi connectivity index (χ1v) is 11.3. The van der Waals surface area contributed by atoms with E-state index in [9.17, 15) is 18.9 Å². The molecule has 2 aliphatic heterocycles. The third-order valence-electron chi connectivity index (χ3n) is 5.58. The number of aliphatic hydroxyl groups is 1. The van der Waals surface area contributed by atoms with Gasteiger partial charge < -0.3 is 14.9 Å². The Bertz CT molecular complexity index is 739. The highest BCUT2D eigenvalue weighted by Crippen LogP contribution is 2.18. The van der Waals surface area contributed by atoms with E-state index in [-0.39, 0.29) is 30.4 Å². The van der Waals surface area contributed by atoms with Crippen LogP contribution < -0.4 is 0 Å². The topological polar surface area (TPSA) is 81.2 Å². The van der Waals surface area contributed by atoms with E-state index >= 15 is 0 Å². The largest absolute Gasteiger partial charge is 0.392 e. The summed E-state index contributed by atoms with van der Waals surface area (Å²) in [5.74, 6) is 0.0695. The van der Waals surface area contributed by atoms with E-state index in [1.165, 1.54) is 0 Å². The summed E-state index contributed by atoms with van der Waals surface area (Å²) >= 11 is 0. The van der Waals surface area contributed by atoms with Gasteiger partial charge in [-0.1, -0.05) is 12.1 Å². The molecule has 8 heteroatoms. The third kappa shape index (κ3) is 5.18. The lowest BCUT2D eigenvalue weighted by Gasteiger charge is -2.42. The number of rotatable bonds is 5. The van der Waals surface area contributed by atoms with Crippen molar-refractivity contribution in [2.45, 2.75) is 36.8 Å². The number of hydrogen-bond donors (Lipinski definition) is 1. The van der Waals surface area contributed by atoms with Gasteiger partial charge in [-0.2, -0.15) is 0 Å². The first-order chi connectivity index (χ1) is 13.3. The molecule has 2 aliphatic rings. The molecule has 0 aliphatic carbocycles. The van der Waals surface area contributed by atoms with Crippen molar-refractivity contribution in [3.63, 3.8) is 0 Å². The summed E-state index contributed by atoms with van der Waals surface area (Å²) in [5.41, 5.74) is 0.892. The normalized spacial score (nSPS) is 24.4. The monoisotopic (exact) mass is 407 g/mol. The Morgan fingerprint density at radius 1 is 1.14 bits per heavy atom. The van der Waals surface area contributed by atoms with Crippen LogP contribution in [0.1, 0.15) is 18.9 Å². The van der Waals surface area contributed by atoms with Crippen molar-refractivity contribution in [1.29, 1.82) is 0 Å². The smallest absolute Gasteiger partial charge is 0.227 e. The molecule has 2 heterocycles. The van der Waals surface area contributed by atoms with Crippen LogP contribution in [0.15, 0.2) is 29.2 Å². The van der Waals surface area contributed by atoms with Crippen molar-refractivity contribution in [2.24, 2.45) is 0 Å². The van der Waals surface area contributed by atoms with Gasteiger partial charge in [0.1, 0.15) is 0 Å². The lowest BCUT2D eigenvalue weighted by atomic mass is 10.1. The van der Waals surface area contributed by atoms with Crippen molar-refractivity contribution in [3.8, 4) is 0 Å². The molecule has 2 amide bonds. The number of carbonyl (C=O) groups excluding carboxylic acids is 2. The Morgan fingerprint density at radius 3 is 2.43 bits per heavy atom. The van der Waals surface area contributed by atoms with Crippen LogP contribution in [0.2, 0.25) is 0 Å². The molecule has 1 aromatic rings. The van der Waals surface area contributed by atoms with Gasteiger partial charge in [-0.05, 0) is 24.1 Å². The number of hydrogen-bond acceptors (Lipinski definition) is 5. The summed E-state index contributed by atoms with van der Waals surface area (Å²) in [6.45, 7) is 5.27. The van der Waals surface area contributed by atoms with Crippen LogP contribution in [0.25, 0.3) is 0 Å². The van der Waals surface area contributed by atoms with E-state index in [1.54, 1.807) is 30.2 Å². The fraction of sp³-hybridized carbons (Fsp3) is 0.600. The van der Waals surface area contributed by atoms with Crippen LogP contribution in [0.3, 0.4) is 0 Å². The molecule has 28 heavy (non-hydrogen) atoms. The van der Waals surface area contributed by atoms with Gasteiger partial charge in [0.15, 0.2) is 0 Å². The maximum Gasteiger partial charge on any atom is 0.227 e. The minimum Gasteiger partial charge on any atom is -0.392 e. The molecule has 3 rings (SSSR count). The molecule has 0 bridgehead atoms. The van der Waals surface area contributed by atoms with Gasteiger partial charge in [-0.3, -0.25) is 18.7 Å². The maximum atomic E-state index is 13.0. The number of likely N-dealkylation sites (tertiary alicyclic amines) is 1. The summed E-state index contributed by atoms with van der Waals surface area (Å²) in [4.78, 5) is 31.4. The van der Waals surface area contributed by atoms with Gasteiger partial charge in [0, 0.05) is 68.1 Å². The highest BCUT2D eigenvalue weighted by Gasteiger charge is 2.34. The molecule has 0 aromatic heterocycles. The zero-order chi connectivity index (χ0) is 20.3. The number of carbonyl (C=O) groups is 2. The molecule has 3 atom stereocenters. The van der Waals surface area contributed by atoms with Crippen molar-refractivity contribution in [2.75, 3.05) is 45.5 Å². The Balaban J connectivity index is 1.68. The Morgan fingerprint density at radius 2 is 1.86 bits per heavy atom. The van der Waals surface area contributed by atoms with Crippen LogP contribution in [0.5, 0.6) is 0 Å². The first kappa shape index (κ1) is 21.0. The number of aliphatic hydroxyl groups excluding tert-OH is 1. The molecular formula is C20H29N3O4S. The van der Waals surface area contributed by atoms with Crippen LogP contribution >= 0.6 is 0 Å². The fourth-order valence-electron chi connectivity index (χ4n) is 3.98. The van der Waals surface area contributed by atoms with E-state index in [0.29, 0.717) is 32.7 Å². The molecule has 1 unspecified atom stereocenters. The van der Waals surface area contributed by atoms with Gasteiger partial charge in [-0.15, -0.1) is 0 Å². The number of benzene rings is 1. The van der Waals surface area contributed by atoms with Crippen LogP contribution in [0, 0.1) is 0 Å². The lowest BCUT2D eigenvalue weighted by Crippen LogP contribution is -2.59. The quantitative estimate of drug-likeness (QED) is 0.748. The van der Waals surface area contributed by atoms with E-state index in [0.717, 1.165) is 23.4 Å². The Hall–Kier alpha value is -1.77. The number of β-amino-alcohol motifs (C(OH)–C–C–N with tert-alkyl or cyclic N) is 1. The molecule has 1 aromatic carbocycles. The van der Waals surface area contributed by atoms with Gasteiger partial charge in [-0.25, -0.2) is 0 Å². The predicted octanol–water partition coefficient (Wildman–Crippen LogP) is 0.0924. The molecule has 2 fully saturated rings. The second-order valence-corrected chi connectivity index (χ2v) is 9.06. The van der Waals surface area contributed by atoms with Gasteiger partial charge in [0.05, 0.1) is 18.6 Å². The summed E-state index contributed by atoms with van der Waals surface area (Å²) < 4.78 is 11.5. The minimum atomic E-state index is -1.03. The third-order valence-corrected chi connectivity index (χ3v) is 6.51. The standard InChI is InChI=1S/C20H29N3O4S/c1-15(24)22-9-10-23(17(13-22)12-21-8-7-18(25)14-21)20(26)11-16-3-5-19(6-4-16)28(2)27/h3-6,17-18,25H,7-14H2,1-2H3/t17-,18+,28?/m1/s1. The second-order valence-electron chi connectivity index (χ2n) is 7.68. The zero-order valence-corrected chi connectivity index (χ0v) is 17.4. The molecule has 0 saturated carbocycles. The van der Waals surface area contributed by atoms with Gasteiger partial charge >= 0.3 is 0 Å². The van der Waals surface area contributed by atoms with Crippen LogP contribution in [-0.2, 0) is 26.8 Å². The number of piperazine rings is 1. The van der Waals surface area contributed by atoms with E-state index in [2.05, 4.69) is 4.90 Å². The number of nitrogens with zero attached hydrogens (tertiary/aromatic N) is 3.